The van der Waals surface area contributed by atoms with Crippen LogP contribution < -0.4 is 9.47 Å². The van der Waals surface area contributed by atoms with E-state index in [1.807, 2.05) is 24.4 Å². The van der Waals surface area contributed by atoms with Crippen LogP contribution in [0.3, 0.4) is 0 Å². The summed E-state index contributed by atoms with van der Waals surface area (Å²) in [7, 11) is 0. The van der Waals surface area contributed by atoms with E-state index in [2.05, 4.69) is 0 Å². The first kappa shape index (κ1) is 12.0. The number of aryl methyl sites for hydroxylation is 1. The zero-order chi connectivity index (χ0) is 13.4. The number of fused-ring (bicyclic) bond motifs is 1. The fourth-order valence-electron chi connectivity index (χ4n) is 2.15. The highest BCUT2D eigenvalue weighted by molar-refractivity contribution is 7.08. The maximum absolute atomic E-state index is 11.2. The van der Waals surface area contributed by atoms with E-state index in [1.165, 1.54) is 11.3 Å². The minimum atomic E-state index is -0.912. The lowest BCUT2D eigenvalue weighted by Gasteiger charge is -2.20. The first-order valence-electron chi connectivity index (χ1n) is 5.87. The van der Waals surface area contributed by atoms with Crippen LogP contribution in [0.15, 0.2) is 22.9 Å². The normalized spacial score (nSPS) is 13.3. The van der Waals surface area contributed by atoms with Gasteiger partial charge in [-0.15, -0.1) is 0 Å². The van der Waals surface area contributed by atoms with E-state index in [9.17, 15) is 9.90 Å². The summed E-state index contributed by atoms with van der Waals surface area (Å²) < 4.78 is 11.1. The molecule has 19 heavy (non-hydrogen) atoms. The zero-order valence-corrected chi connectivity index (χ0v) is 11.1. The van der Waals surface area contributed by atoms with Crippen molar-refractivity contribution in [3.63, 3.8) is 0 Å². The molecule has 1 aliphatic rings. The number of aromatic carboxylic acids is 1. The maximum Gasteiger partial charge on any atom is 0.337 e. The topological polar surface area (TPSA) is 55.8 Å². The molecule has 2 aromatic rings. The summed E-state index contributed by atoms with van der Waals surface area (Å²) in [6.07, 6.45) is 0. The molecule has 0 amide bonds. The van der Waals surface area contributed by atoms with Gasteiger partial charge in [0, 0.05) is 10.9 Å². The van der Waals surface area contributed by atoms with Crippen LogP contribution >= 0.6 is 11.3 Å². The van der Waals surface area contributed by atoms with Gasteiger partial charge < -0.3 is 14.6 Å². The summed E-state index contributed by atoms with van der Waals surface area (Å²) >= 11 is 1.38. The van der Waals surface area contributed by atoms with Crippen molar-refractivity contribution >= 4 is 17.3 Å². The summed E-state index contributed by atoms with van der Waals surface area (Å²) in [5.74, 6) is 0.486. The third-order valence-electron chi connectivity index (χ3n) is 3.07. The minimum Gasteiger partial charge on any atom is -0.486 e. The van der Waals surface area contributed by atoms with Crippen molar-refractivity contribution in [2.45, 2.75) is 6.92 Å². The van der Waals surface area contributed by atoms with Crippen LogP contribution in [0.4, 0.5) is 0 Å². The Morgan fingerprint density at radius 3 is 2.53 bits per heavy atom. The average Bonchev–Trinajstić information content (AvgIpc) is 2.87. The zero-order valence-electron chi connectivity index (χ0n) is 10.3. The molecular weight excluding hydrogens is 264 g/mol. The molecule has 0 bridgehead atoms. The molecule has 98 valence electrons. The first-order chi connectivity index (χ1) is 9.16. The van der Waals surface area contributed by atoms with Gasteiger partial charge in [0.25, 0.3) is 0 Å². The molecule has 1 N–H and O–H groups in total. The van der Waals surface area contributed by atoms with E-state index >= 15 is 0 Å². The molecule has 0 radical (unpaired) electrons. The lowest BCUT2D eigenvalue weighted by molar-refractivity contribution is 0.0698. The Bertz CT molecular complexity index is 645. The van der Waals surface area contributed by atoms with E-state index in [0.717, 1.165) is 22.4 Å². The van der Waals surface area contributed by atoms with Gasteiger partial charge >= 0.3 is 5.97 Å². The second-order valence-electron chi connectivity index (χ2n) is 4.32. The fraction of sp³-hybridized carbons (Fsp3) is 0.214. The standard InChI is InChI=1S/C14H12O4S/c1-8-4-12-13(18-3-2-17-12)5-9(8)10-6-19-7-11(10)14(15)16/h4-7H,2-3H2,1H3,(H,15,16). The predicted molar refractivity (Wildman–Crippen MR) is 72.4 cm³/mol. The van der Waals surface area contributed by atoms with Crippen LogP contribution in [0.1, 0.15) is 15.9 Å². The molecule has 0 spiro atoms. The molecular formula is C14H12O4S. The van der Waals surface area contributed by atoms with Gasteiger partial charge in [-0.25, -0.2) is 4.79 Å². The van der Waals surface area contributed by atoms with Crippen molar-refractivity contribution in [1.29, 1.82) is 0 Å². The number of hydrogen-bond donors (Lipinski definition) is 1. The van der Waals surface area contributed by atoms with Crippen molar-refractivity contribution in [1.82, 2.24) is 0 Å². The Balaban J connectivity index is 2.14. The predicted octanol–water partition coefficient (Wildman–Crippen LogP) is 3.19. The molecule has 4 nitrogen and oxygen atoms in total. The number of ether oxygens (including phenoxy) is 2. The SMILES string of the molecule is Cc1cc2c(cc1-c1cscc1C(=O)O)OCCO2. The molecule has 3 rings (SSSR count). The number of benzene rings is 1. The Morgan fingerprint density at radius 1 is 1.16 bits per heavy atom. The molecule has 1 aliphatic heterocycles. The van der Waals surface area contributed by atoms with Gasteiger partial charge in [0.15, 0.2) is 11.5 Å². The first-order valence-corrected chi connectivity index (χ1v) is 6.81. The number of thiophene rings is 1. The van der Waals surface area contributed by atoms with Gasteiger partial charge in [-0.3, -0.25) is 0 Å². The van der Waals surface area contributed by atoms with E-state index in [1.54, 1.807) is 5.38 Å². The largest absolute Gasteiger partial charge is 0.486 e. The molecule has 5 heteroatoms. The lowest BCUT2D eigenvalue weighted by Crippen LogP contribution is -2.15. The van der Waals surface area contributed by atoms with Gasteiger partial charge in [0.05, 0.1) is 5.56 Å². The number of carbonyl (C=O) groups is 1. The fourth-order valence-corrected chi connectivity index (χ4v) is 2.97. The van der Waals surface area contributed by atoms with Crippen molar-refractivity contribution in [3.05, 3.63) is 34.0 Å². The molecule has 0 fully saturated rings. The van der Waals surface area contributed by atoms with Crippen molar-refractivity contribution in [2.75, 3.05) is 13.2 Å². The number of carboxylic acid groups (broad SMARTS) is 1. The van der Waals surface area contributed by atoms with Crippen molar-refractivity contribution < 1.29 is 19.4 Å². The molecule has 2 heterocycles. The quantitative estimate of drug-likeness (QED) is 0.915. The summed E-state index contributed by atoms with van der Waals surface area (Å²) in [5.41, 5.74) is 2.91. The van der Waals surface area contributed by atoms with Crippen molar-refractivity contribution in [3.8, 4) is 22.6 Å². The highest BCUT2D eigenvalue weighted by Gasteiger charge is 2.19. The molecule has 1 aromatic carbocycles. The second kappa shape index (κ2) is 4.59. The monoisotopic (exact) mass is 276 g/mol. The summed E-state index contributed by atoms with van der Waals surface area (Å²) in [5, 5.41) is 12.7. The van der Waals surface area contributed by atoms with E-state index in [4.69, 9.17) is 9.47 Å². The lowest BCUT2D eigenvalue weighted by atomic mass is 9.99. The maximum atomic E-state index is 11.2. The minimum absolute atomic E-state index is 0.324. The highest BCUT2D eigenvalue weighted by Crippen LogP contribution is 2.39. The Kier molecular flexibility index (Phi) is 2.91. The smallest absolute Gasteiger partial charge is 0.337 e. The summed E-state index contributed by atoms with van der Waals surface area (Å²) in [6.45, 7) is 3.01. The van der Waals surface area contributed by atoms with Crippen LogP contribution in [0.2, 0.25) is 0 Å². The molecule has 0 saturated carbocycles. The molecule has 0 saturated heterocycles. The van der Waals surface area contributed by atoms with Crippen LogP contribution in [0.5, 0.6) is 11.5 Å². The third-order valence-corrected chi connectivity index (χ3v) is 3.82. The molecule has 0 atom stereocenters. The van der Waals surface area contributed by atoms with Crippen LogP contribution in [0.25, 0.3) is 11.1 Å². The molecule has 0 unspecified atom stereocenters. The molecule has 1 aromatic heterocycles. The van der Waals surface area contributed by atoms with Crippen LogP contribution in [-0.2, 0) is 0 Å². The van der Waals surface area contributed by atoms with Gasteiger partial charge in [-0.05, 0) is 35.6 Å². The average molecular weight is 276 g/mol. The van der Waals surface area contributed by atoms with Gasteiger partial charge in [0.1, 0.15) is 13.2 Å². The number of hydrogen-bond acceptors (Lipinski definition) is 4. The van der Waals surface area contributed by atoms with Gasteiger partial charge in [-0.1, -0.05) is 0 Å². The Labute approximate surface area is 114 Å². The number of carboxylic acids is 1. The third kappa shape index (κ3) is 2.06. The summed E-state index contributed by atoms with van der Waals surface area (Å²) in [4.78, 5) is 11.2. The van der Waals surface area contributed by atoms with E-state index < -0.39 is 5.97 Å². The van der Waals surface area contributed by atoms with E-state index in [0.29, 0.717) is 24.5 Å². The van der Waals surface area contributed by atoms with Crippen molar-refractivity contribution in [2.24, 2.45) is 0 Å². The van der Waals surface area contributed by atoms with Crippen LogP contribution in [-0.4, -0.2) is 24.3 Å². The second-order valence-corrected chi connectivity index (χ2v) is 5.06. The molecule has 0 aliphatic carbocycles. The summed E-state index contributed by atoms with van der Waals surface area (Å²) in [6, 6.07) is 3.76. The van der Waals surface area contributed by atoms with Gasteiger partial charge in [0.2, 0.25) is 0 Å². The Hall–Kier alpha value is -2.01. The van der Waals surface area contributed by atoms with E-state index in [-0.39, 0.29) is 0 Å². The number of rotatable bonds is 2. The highest BCUT2D eigenvalue weighted by atomic mass is 32.1. The van der Waals surface area contributed by atoms with Crippen LogP contribution in [0, 0.1) is 6.92 Å². The Morgan fingerprint density at radius 2 is 1.84 bits per heavy atom. The van der Waals surface area contributed by atoms with Gasteiger partial charge in [-0.2, -0.15) is 11.3 Å².